The summed E-state index contributed by atoms with van der Waals surface area (Å²) < 4.78 is 12.7. The van der Waals surface area contributed by atoms with Crippen LogP contribution in [0.4, 0.5) is 0 Å². The molecule has 0 radical (unpaired) electrons. The molecule has 6 heteroatoms. The first-order chi connectivity index (χ1) is 11.3. The number of rotatable bonds is 6. The van der Waals surface area contributed by atoms with E-state index in [1.54, 1.807) is 24.1 Å². The second kappa shape index (κ2) is 7.48. The van der Waals surface area contributed by atoms with Crippen LogP contribution in [0.5, 0.6) is 5.75 Å². The van der Waals surface area contributed by atoms with Gasteiger partial charge in [0.1, 0.15) is 12.9 Å². The molecule has 3 rings (SSSR count). The van der Waals surface area contributed by atoms with Crippen LogP contribution in [0.15, 0.2) is 35.3 Å². The van der Waals surface area contributed by atoms with Gasteiger partial charge in [-0.15, -0.1) is 0 Å². The number of ether oxygens (including phenoxy) is 2. The molecule has 0 aliphatic carbocycles. The largest absolute Gasteiger partial charge is 0.493 e. The normalized spacial score (nSPS) is 15.7. The molecule has 1 fully saturated rings. The number of nitrogens with zero attached hydrogens (tertiary/aromatic N) is 2. The third-order valence-electron chi connectivity index (χ3n) is 4.02. The minimum atomic E-state index is -0.0211. The van der Waals surface area contributed by atoms with Gasteiger partial charge in [-0.3, -0.25) is 9.69 Å². The monoisotopic (exact) mass is 318 g/mol. The highest BCUT2D eigenvalue weighted by molar-refractivity contribution is 5.80. The van der Waals surface area contributed by atoms with Gasteiger partial charge in [0.15, 0.2) is 5.43 Å². The van der Waals surface area contributed by atoms with E-state index in [1.807, 2.05) is 12.1 Å². The third kappa shape index (κ3) is 3.83. The number of hydrogen-bond donors (Lipinski definition) is 0. The van der Waals surface area contributed by atoms with E-state index in [1.165, 1.54) is 6.07 Å². The number of hydrogen-bond acceptors (Lipinski definition) is 5. The van der Waals surface area contributed by atoms with Gasteiger partial charge in [-0.05, 0) is 18.6 Å². The maximum Gasteiger partial charge on any atom is 0.189 e. The molecule has 1 aliphatic rings. The van der Waals surface area contributed by atoms with E-state index in [9.17, 15) is 4.79 Å². The average Bonchev–Trinajstić information content (AvgIpc) is 2.60. The zero-order valence-electron chi connectivity index (χ0n) is 13.4. The zero-order chi connectivity index (χ0) is 16.1. The number of morpholine rings is 1. The lowest BCUT2D eigenvalue weighted by molar-refractivity contribution is 0.0358. The van der Waals surface area contributed by atoms with Crippen molar-refractivity contribution < 1.29 is 14.3 Å². The zero-order valence-corrected chi connectivity index (χ0v) is 13.4. The Labute approximate surface area is 135 Å². The molecule has 1 saturated heterocycles. The topological polar surface area (TPSA) is 52.9 Å². The van der Waals surface area contributed by atoms with Gasteiger partial charge in [-0.1, -0.05) is 0 Å². The summed E-state index contributed by atoms with van der Waals surface area (Å²) in [4.78, 5) is 19.5. The van der Waals surface area contributed by atoms with Crippen molar-refractivity contribution >= 4 is 10.9 Å². The summed E-state index contributed by atoms with van der Waals surface area (Å²) in [5.74, 6) is 0.746. The molecule has 0 atom stereocenters. The Morgan fingerprint density at radius 3 is 2.83 bits per heavy atom. The molecule has 0 bridgehead atoms. The second-order valence-electron chi connectivity index (χ2n) is 5.52. The Morgan fingerprint density at radius 2 is 2.04 bits per heavy atom. The average molecular weight is 318 g/mol. The SMILES string of the molecule is COn1ccc(=O)c2ccc(OCCCN3CCOCC3)cc21. The van der Waals surface area contributed by atoms with Crippen molar-refractivity contribution in [2.24, 2.45) is 0 Å². The first-order valence-electron chi connectivity index (χ1n) is 7.91. The molecule has 124 valence electrons. The van der Waals surface area contributed by atoms with E-state index < -0.39 is 0 Å². The lowest BCUT2D eigenvalue weighted by Gasteiger charge is -2.26. The number of benzene rings is 1. The van der Waals surface area contributed by atoms with Gasteiger partial charge in [-0.2, -0.15) is 4.73 Å². The van der Waals surface area contributed by atoms with E-state index in [0.29, 0.717) is 17.5 Å². The number of fused-ring (bicyclic) bond motifs is 1. The molecule has 6 nitrogen and oxygen atoms in total. The molecule has 1 aromatic carbocycles. The van der Waals surface area contributed by atoms with Crippen LogP contribution in [0.2, 0.25) is 0 Å². The van der Waals surface area contributed by atoms with E-state index >= 15 is 0 Å². The van der Waals surface area contributed by atoms with Crippen molar-refractivity contribution in [1.82, 2.24) is 9.63 Å². The molecule has 1 aromatic heterocycles. The van der Waals surface area contributed by atoms with Gasteiger partial charge < -0.3 is 14.3 Å². The van der Waals surface area contributed by atoms with Crippen LogP contribution in [0, 0.1) is 0 Å². The molecule has 2 aromatic rings. The van der Waals surface area contributed by atoms with Crippen LogP contribution in [0.3, 0.4) is 0 Å². The Morgan fingerprint density at radius 1 is 1.22 bits per heavy atom. The summed E-state index contributed by atoms with van der Waals surface area (Å²) in [6.07, 6.45) is 2.58. The van der Waals surface area contributed by atoms with Crippen LogP contribution >= 0.6 is 0 Å². The van der Waals surface area contributed by atoms with Gasteiger partial charge in [0.05, 0.1) is 25.3 Å². The Balaban J connectivity index is 1.60. The van der Waals surface area contributed by atoms with E-state index in [-0.39, 0.29) is 5.43 Å². The van der Waals surface area contributed by atoms with Crippen molar-refractivity contribution in [2.75, 3.05) is 46.6 Å². The summed E-state index contributed by atoms with van der Waals surface area (Å²) >= 11 is 0. The van der Waals surface area contributed by atoms with Crippen molar-refractivity contribution in [1.29, 1.82) is 0 Å². The summed E-state index contributed by atoms with van der Waals surface area (Å²) in [7, 11) is 1.57. The molecule has 23 heavy (non-hydrogen) atoms. The lowest BCUT2D eigenvalue weighted by atomic mass is 10.2. The van der Waals surface area contributed by atoms with Gasteiger partial charge in [-0.25, -0.2) is 0 Å². The van der Waals surface area contributed by atoms with Gasteiger partial charge in [0.2, 0.25) is 0 Å². The van der Waals surface area contributed by atoms with Crippen LogP contribution in [-0.4, -0.2) is 56.2 Å². The minimum Gasteiger partial charge on any atom is -0.493 e. The molecule has 0 unspecified atom stereocenters. The molecule has 0 amide bonds. The lowest BCUT2D eigenvalue weighted by Crippen LogP contribution is -2.37. The minimum absolute atomic E-state index is 0.0211. The fourth-order valence-electron chi connectivity index (χ4n) is 2.76. The molecule has 1 aliphatic heterocycles. The smallest absolute Gasteiger partial charge is 0.189 e. The van der Waals surface area contributed by atoms with Gasteiger partial charge in [0, 0.05) is 43.4 Å². The Kier molecular flexibility index (Phi) is 5.15. The fraction of sp³-hybridized carbons (Fsp3) is 0.471. The summed E-state index contributed by atoms with van der Waals surface area (Å²) in [5, 5.41) is 0.620. The molecular formula is C17H22N2O4. The highest BCUT2D eigenvalue weighted by atomic mass is 16.6. The predicted molar refractivity (Wildman–Crippen MR) is 88.1 cm³/mol. The van der Waals surface area contributed by atoms with Gasteiger partial charge >= 0.3 is 0 Å². The highest BCUT2D eigenvalue weighted by Crippen LogP contribution is 2.18. The Bertz CT molecular complexity index is 707. The third-order valence-corrected chi connectivity index (χ3v) is 4.02. The molecule has 2 heterocycles. The fourth-order valence-corrected chi connectivity index (χ4v) is 2.76. The van der Waals surface area contributed by atoms with Crippen molar-refractivity contribution in [3.63, 3.8) is 0 Å². The molecule has 0 saturated carbocycles. The van der Waals surface area contributed by atoms with E-state index in [0.717, 1.165) is 45.0 Å². The Hall–Kier alpha value is -2.05. The van der Waals surface area contributed by atoms with Crippen LogP contribution in [0.25, 0.3) is 10.9 Å². The summed E-state index contributed by atoms with van der Waals surface area (Å²) in [5.41, 5.74) is 0.692. The van der Waals surface area contributed by atoms with Gasteiger partial charge in [0.25, 0.3) is 0 Å². The van der Waals surface area contributed by atoms with Crippen molar-refractivity contribution in [3.05, 3.63) is 40.7 Å². The molecule has 0 N–H and O–H groups in total. The molecule has 0 spiro atoms. The summed E-state index contributed by atoms with van der Waals surface area (Å²) in [6.45, 7) is 5.29. The highest BCUT2D eigenvalue weighted by Gasteiger charge is 2.09. The molecular weight excluding hydrogens is 296 g/mol. The quantitative estimate of drug-likeness (QED) is 0.748. The maximum atomic E-state index is 11.9. The number of aromatic nitrogens is 1. The predicted octanol–water partition coefficient (Wildman–Crippen LogP) is 1.16. The van der Waals surface area contributed by atoms with Crippen LogP contribution < -0.4 is 15.0 Å². The van der Waals surface area contributed by atoms with E-state index in [4.69, 9.17) is 14.3 Å². The first-order valence-corrected chi connectivity index (χ1v) is 7.91. The van der Waals surface area contributed by atoms with E-state index in [2.05, 4.69) is 4.90 Å². The van der Waals surface area contributed by atoms with Crippen LogP contribution in [-0.2, 0) is 4.74 Å². The van der Waals surface area contributed by atoms with Crippen molar-refractivity contribution in [2.45, 2.75) is 6.42 Å². The number of pyridine rings is 1. The summed E-state index contributed by atoms with van der Waals surface area (Å²) in [6, 6.07) is 6.95. The maximum absolute atomic E-state index is 11.9. The standard InChI is InChI=1S/C17H22N2O4/c1-21-19-7-5-17(20)15-4-3-14(13-16(15)19)23-10-2-6-18-8-11-22-12-9-18/h3-5,7,13H,2,6,8-12H2,1H3. The first kappa shape index (κ1) is 15.8. The van der Waals surface area contributed by atoms with Crippen molar-refractivity contribution in [3.8, 4) is 5.75 Å². The second-order valence-corrected chi connectivity index (χ2v) is 5.52. The van der Waals surface area contributed by atoms with Crippen LogP contribution in [0.1, 0.15) is 6.42 Å².